The predicted molar refractivity (Wildman–Crippen MR) is 132 cm³/mol. The molecule has 0 fully saturated rings. The summed E-state index contributed by atoms with van der Waals surface area (Å²) in [5.74, 6) is 0.999. The highest BCUT2D eigenvalue weighted by atomic mass is 32.2. The molecule has 0 atom stereocenters. The van der Waals surface area contributed by atoms with E-state index in [0.29, 0.717) is 17.3 Å². The molecule has 2 aromatic heterocycles. The van der Waals surface area contributed by atoms with E-state index in [0.717, 1.165) is 28.5 Å². The van der Waals surface area contributed by atoms with Crippen LogP contribution in [0, 0.1) is 20.8 Å². The lowest BCUT2D eigenvalue weighted by atomic mass is 10.2. The molecular weight excluding hydrogens is 470 g/mol. The molecule has 0 aliphatic carbocycles. The molecule has 0 aliphatic rings. The summed E-state index contributed by atoms with van der Waals surface area (Å²) in [5, 5.41) is 14.3. The number of ketones is 1. The molecule has 2 aromatic carbocycles. The van der Waals surface area contributed by atoms with Crippen LogP contribution < -0.4 is 5.14 Å². The quantitative estimate of drug-likeness (QED) is 0.295. The molecule has 0 amide bonds. The molecule has 4 rings (SSSR count). The van der Waals surface area contributed by atoms with Gasteiger partial charge in [-0.2, -0.15) is 0 Å². The molecule has 8 nitrogen and oxygen atoms in total. The van der Waals surface area contributed by atoms with Crippen LogP contribution in [0.15, 0.2) is 70.7 Å². The second kappa shape index (κ2) is 9.57. The Balaban J connectivity index is 1.52. The van der Waals surface area contributed by atoms with E-state index < -0.39 is 10.0 Å². The molecule has 10 heteroatoms. The number of aromatic nitrogens is 4. The zero-order valence-corrected chi connectivity index (χ0v) is 20.7. The van der Waals surface area contributed by atoms with Crippen LogP contribution >= 0.6 is 11.8 Å². The van der Waals surface area contributed by atoms with Gasteiger partial charge < -0.3 is 9.13 Å². The van der Waals surface area contributed by atoms with Crippen LogP contribution in [0.25, 0.3) is 5.69 Å². The third-order valence-electron chi connectivity index (χ3n) is 5.57. The fourth-order valence-corrected chi connectivity index (χ4v) is 5.23. The number of hydrogen-bond donors (Lipinski definition) is 1. The van der Waals surface area contributed by atoms with Crippen molar-refractivity contribution >= 4 is 27.6 Å². The van der Waals surface area contributed by atoms with Crippen molar-refractivity contribution in [1.29, 1.82) is 0 Å². The molecule has 0 spiro atoms. The minimum atomic E-state index is -3.77. The maximum atomic E-state index is 13.1. The summed E-state index contributed by atoms with van der Waals surface area (Å²) in [4.78, 5) is 13.2. The van der Waals surface area contributed by atoms with Crippen LogP contribution in [0.5, 0.6) is 0 Å². The number of thioether (sulfide) groups is 1. The van der Waals surface area contributed by atoms with Crippen LogP contribution in [0.3, 0.4) is 0 Å². The molecule has 2 heterocycles. The number of nitrogens with zero attached hydrogens (tertiary/aromatic N) is 4. The summed E-state index contributed by atoms with van der Waals surface area (Å²) >= 11 is 1.36. The Morgan fingerprint density at radius 3 is 2.32 bits per heavy atom. The van der Waals surface area contributed by atoms with Crippen molar-refractivity contribution in [3.8, 4) is 5.69 Å². The van der Waals surface area contributed by atoms with Gasteiger partial charge in [0.05, 0.1) is 17.2 Å². The first-order chi connectivity index (χ1) is 16.1. The first-order valence-electron chi connectivity index (χ1n) is 10.6. The highest BCUT2D eigenvalue weighted by Gasteiger charge is 2.19. The monoisotopic (exact) mass is 495 g/mol. The minimum Gasteiger partial charge on any atom is -0.318 e. The largest absolute Gasteiger partial charge is 0.318 e. The van der Waals surface area contributed by atoms with Crippen LogP contribution in [0.4, 0.5) is 0 Å². The first-order valence-corrected chi connectivity index (χ1v) is 13.1. The fraction of sp³-hybridized carbons (Fsp3) is 0.208. The average molecular weight is 496 g/mol. The van der Waals surface area contributed by atoms with Crippen LogP contribution in [0.1, 0.15) is 33.1 Å². The summed E-state index contributed by atoms with van der Waals surface area (Å²) in [6, 6.07) is 18.2. The van der Waals surface area contributed by atoms with E-state index in [9.17, 15) is 13.2 Å². The Morgan fingerprint density at radius 2 is 1.68 bits per heavy atom. The molecule has 0 aliphatic heterocycles. The molecule has 0 bridgehead atoms. The van der Waals surface area contributed by atoms with E-state index >= 15 is 0 Å². The van der Waals surface area contributed by atoms with E-state index in [1.807, 2.05) is 66.3 Å². The zero-order valence-electron chi connectivity index (χ0n) is 19.1. The molecule has 2 N–H and O–H groups in total. The Kier molecular flexibility index (Phi) is 6.74. The Bertz CT molecular complexity index is 1440. The number of Topliss-reactive ketones (excluding diaryl/α,β-unsaturated/α-hetero) is 1. The zero-order chi connectivity index (χ0) is 24.5. The number of carbonyl (C=O) groups excluding carboxylic acids is 1. The standard InChI is InChI=1S/C24H25N5O3S2/c1-16-13-22(17(2)29(16)20-9-11-21(12-10-20)34(25,31)32)23(30)15-33-24-27-26-18(3)28(24)14-19-7-5-4-6-8-19/h4-13H,14-15H2,1-3H3,(H2,25,31,32). The van der Waals surface area contributed by atoms with E-state index in [1.165, 1.54) is 23.9 Å². The summed E-state index contributed by atoms with van der Waals surface area (Å²) in [6.07, 6.45) is 0. The first kappa shape index (κ1) is 23.9. The number of benzene rings is 2. The SMILES string of the molecule is Cc1nnc(SCC(=O)c2cc(C)n(-c3ccc(S(N)(=O)=O)cc3)c2C)n1Cc1ccccc1. The van der Waals surface area contributed by atoms with Crippen molar-refractivity contribution in [3.05, 3.63) is 89.0 Å². The molecule has 0 saturated heterocycles. The van der Waals surface area contributed by atoms with Gasteiger partial charge in [-0.1, -0.05) is 42.1 Å². The van der Waals surface area contributed by atoms with Crippen molar-refractivity contribution < 1.29 is 13.2 Å². The summed E-state index contributed by atoms with van der Waals surface area (Å²) in [7, 11) is -3.77. The third kappa shape index (κ3) is 4.98. The van der Waals surface area contributed by atoms with Gasteiger partial charge in [0.15, 0.2) is 10.9 Å². The number of sulfonamides is 1. The third-order valence-corrected chi connectivity index (χ3v) is 7.47. The Hall–Kier alpha value is -3.21. The van der Waals surface area contributed by atoms with Crippen LogP contribution in [0.2, 0.25) is 0 Å². The van der Waals surface area contributed by atoms with E-state index in [1.54, 1.807) is 12.1 Å². The van der Waals surface area contributed by atoms with Crippen molar-refractivity contribution in [2.45, 2.75) is 37.4 Å². The predicted octanol–water partition coefficient (Wildman–Crippen LogP) is 3.66. The summed E-state index contributed by atoms with van der Waals surface area (Å²) < 4.78 is 27.0. The van der Waals surface area contributed by atoms with Crippen LogP contribution in [-0.4, -0.2) is 39.3 Å². The lowest BCUT2D eigenvalue weighted by Gasteiger charge is -2.11. The maximum Gasteiger partial charge on any atom is 0.238 e. The average Bonchev–Trinajstić information content (AvgIpc) is 3.30. The number of rotatable bonds is 8. The van der Waals surface area contributed by atoms with E-state index in [2.05, 4.69) is 10.2 Å². The normalized spacial score (nSPS) is 11.6. The Labute approximate surface area is 202 Å². The van der Waals surface area contributed by atoms with Crippen molar-refractivity contribution in [2.75, 3.05) is 5.75 Å². The second-order valence-corrected chi connectivity index (χ2v) is 10.5. The molecule has 176 valence electrons. The molecule has 34 heavy (non-hydrogen) atoms. The van der Waals surface area contributed by atoms with Gasteiger partial charge >= 0.3 is 0 Å². The van der Waals surface area contributed by atoms with Crippen molar-refractivity contribution in [2.24, 2.45) is 5.14 Å². The second-order valence-electron chi connectivity index (χ2n) is 7.97. The van der Waals surface area contributed by atoms with Crippen molar-refractivity contribution in [1.82, 2.24) is 19.3 Å². The van der Waals surface area contributed by atoms with E-state index in [-0.39, 0.29) is 16.4 Å². The van der Waals surface area contributed by atoms with Crippen molar-refractivity contribution in [3.63, 3.8) is 0 Å². The van der Waals surface area contributed by atoms with Gasteiger partial charge in [0.2, 0.25) is 10.0 Å². The summed E-state index contributed by atoms with van der Waals surface area (Å²) in [5.41, 5.74) is 4.17. The molecule has 0 unspecified atom stereocenters. The number of nitrogens with two attached hydrogens (primary N) is 1. The van der Waals surface area contributed by atoms with Gasteiger partial charge in [-0.3, -0.25) is 4.79 Å². The van der Waals surface area contributed by atoms with Gasteiger partial charge in [0.25, 0.3) is 0 Å². The number of carbonyl (C=O) groups is 1. The van der Waals surface area contributed by atoms with Gasteiger partial charge in [-0.25, -0.2) is 13.6 Å². The highest BCUT2D eigenvalue weighted by molar-refractivity contribution is 7.99. The molecule has 4 aromatic rings. The smallest absolute Gasteiger partial charge is 0.238 e. The number of primary sulfonamides is 1. The van der Waals surface area contributed by atoms with Gasteiger partial charge in [0.1, 0.15) is 5.82 Å². The van der Waals surface area contributed by atoms with E-state index in [4.69, 9.17) is 5.14 Å². The topological polar surface area (TPSA) is 113 Å². The van der Waals surface area contributed by atoms with Gasteiger partial charge in [-0.05, 0) is 56.7 Å². The molecular formula is C24H25N5O3S2. The summed E-state index contributed by atoms with van der Waals surface area (Å²) in [6.45, 7) is 6.32. The lowest BCUT2D eigenvalue weighted by molar-refractivity contribution is 0.102. The van der Waals surface area contributed by atoms with Gasteiger partial charge in [-0.15, -0.1) is 10.2 Å². The number of aryl methyl sites for hydroxylation is 2. The number of hydrogen-bond acceptors (Lipinski definition) is 6. The molecule has 0 radical (unpaired) electrons. The minimum absolute atomic E-state index is 0.0163. The Morgan fingerprint density at radius 1 is 1.00 bits per heavy atom. The van der Waals surface area contributed by atoms with Gasteiger partial charge in [0, 0.05) is 22.6 Å². The highest BCUT2D eigenvalue weighted by Crippen LogP contribution is 2.25. The lowest BCUT2D eigenvalue weighted by Crippen LogP contribution is -2.12. The fourth-order valence-electron chi connectivity index (χ4n) is 3.85. The van der Waals surface area contributed by atoms with Crippen LogP contribution in [-0.2, 0) is 16.6 Å². The maximum absolute atomic E-state index is 13.1. The molecule has 0 saturated carbocycles.